The Labute approximate surface area is 145 Å². The normalized spacial score (nSPS) is 19.6. The van der Waals surface area contributed by atoms with Crippen molar-refractivity contribution in [2.75, 3.05) is 18.8 Å². The van der Waals surface area contributed by atoms with Crippen LogP contribution in [0, 0.1) is 0 Å². The van der Waals surface area contributed by atoms with Gasteiger partial charge in [-0.25, -0.2) is 13.2 Å². The first-order valence-electron chi connectivity index (χ1n) is 7.49. The number of carbonyl (C=O) groups is 2. The summed E-state index contributed by atoms with van der Waals surface area (Å²) in [6.07, 6.45) is 0.563. The van der Waals surface area contributed by atoms with Crippen LogP contribution in [0.1, 0.15) is 25.3 Å². The summed E-state index contributed by atoms with van der Waals surface area (Å²) in [5.41, 5.74) is -1.26. The van der Waals surface area contributed by atoms with Crippen LogP contribution in [-0.4, -0.2) is 48.5 Å². The van der Waals surface area contributed by atoms with Crippen molar-refractivity contribution in [2.24, 2.45) is 0 Å². The lowest BCUT2D eigenvalue weighted by Crippen LogP contribution is -2.54. The highest BCUT2D eigenvalue weighted by Gasteiger charge is 2.41. The number of hydrogen-bond acceptors (Lipinski definition) is 4. The highest BCUT2D eigenvalue weighted by atomic mass is 35.5. The minimum absolute atomic E-state index is 0.00924. The van der Waals surface area contributed by atoms with E-state index in [1.54, 1.807) is 19.1 Å². The summed E-state index contributed by atoms with van der Waals surface area (Å²) in [6.45, 7) is 1.52. The van der Waals surface area contributed by atoms with Crippen LogP contribution >= 0.6 is 11.6 Å². The molecule has 24 heavy (non-hydrogen) atoms. The Balaban J connectivity index is 2.24. The molecule has 1 heterocycles. The van der Waals surface area contributed by atoms with Gasteiger partial charge in [0.2, 0.25) is 15.9 Å². The third kappa shape index (κ3) is 3.71. The predicted octanol–water partition coefficient (Wildman–Crippen LogP) is 1.18. The summed E-state index contributed by atoms with van der Waals surface area (Å²) >= 11 is 5.83. The van der Waals surface area contributed by atoms with Gasteiger partial charge in [-0.15, -0.1) is 0 Å². The van der Waals surface area contributed by atoms with Gasteiger partial charge < -0.3 is 10.4 Å². The second kappa shape index (κ2) is 7.08. The number of carbonyl (C=O) groups excluding carboxylic acids is 1. The Kier molecular flexibility index (Phi) is 5.52. The molecule has 2 N–H and O–H groups in total. The van der Waals surface area contributed by atoms with Gasteiger partial charge in [-0.05, 0) is 30.5 Å². The van der Waals surface area contributed by atoms with Gasteiger partial charge in [0.15, 0.2) is 5.54 Å². The smallest absolute Gasteiger partial charge is 0.334 e. The van der Waals surface area contributed by atoms with Crippen LogP contribution in [0.25, 0.3) is 0 Å². The van der Waals surface area contributed by atoms with Crippen LogP contribution in [0.15, 0.2) is 24.3 Å². The molecule has 1 saturated heterocycles. The molecule has 1 aliphatic heterocycles. The maximum absolute atomic E-state index is 12.3. The lowest BCUT2D eigenvalue weighted by atomic mass is 9.87. The Morgan fingerprint density at radius 3 is 2.42 bits per heavy atom. The third-order valence-corrected chi connectivity index (χ3v) is 6.26. The summed E-state index contributed by atoms with van der Waals surface area (Å²) in [5.74, 6) is -1.86. The molecule has 1 aromatic rings. The van der Waals surface area contributed by atoms with E-state index < -0.39 is 27.4 Å². The molecular weight excluding hydrogens is 356 g/mol. The number of aliphatic carboxylic acids is 1. The number of sulfonamides is 1. The number of carboxylic acid groups (broad SMARTS) is 1. The number of rotatable bonds is 6. The Hall–Kier alpha value is -1.64. The van der Waals surface area contributed by atoms with E-state index in [9.17, 15) is 23.1 Å². The van der Waals surface area contributed by atoms with Crippen molar-refractivity contribution in [1.29, 1.82) is 0 Å². The highest BCUT2D eigenvalue weighted by molar-refractivity contribution is 7.89. The zero-order chi connectivity index (χ0) is 18.0. The quantitative estimate of drug-likeness (QED) is 0.778. The molecule has 1 amide bonds. The predicted molar refractivity (Wildman–Crippen MR) is 89.2 cm³/mol. The fourth-order valence-electron chi connectivity index (χ4n) is 2.73. The lowest BCUT2D eigenvalue weighted by molar-refractivity contribution is -0.148. The number of amides is 1. The van der Waals surface area contributed by atoms with Crippen molar-refractivity contribution in [3.8, 4) is 0 Å². The summed E-state index contributed by atoms with van der Waals surface area (Å²) in [5, 5.41) is 12.6. The fraction of sp³-hybridized carbons (Fsp3) is 0.467. The fourth-order valence-corrected chi connectivity index (χ4v) is 4.33. The lowest BCUT2D eigenvalue weighted by Gasteiger charge is -2.30. The van der Waals surface area contributed by atoms with E-state index in [2.05, 4.69) is 5.32 Å². The number of nitrogens with zero attached hydrogens (tertiary/aromatic N) is 1. The minimum Gasteiger partial charge on any atom is -0.479 e. The van der Waals surface area contributed by atoms with Crippen LogP contribution in [0.3, 0.4) is 0 Å². The molecule has 0 aliphatic carbocycles. The van der Waals surface area contributed by atoms with Crippen LogP contribution in [0.2, 0.25) is 5.02 Å². The van der Waals surface area contributed by atoms with Gasteiger partial charge in [0.25, 0.3) is 0 Å². The first kappa shape index (κ1) is 18.7. The van der Waals surface area contributed by atoms with E-state index in [0.29, 0.717) is 17.0 Å². The summed E-state index contributed by atoms with van der Waals surface area (Å²) in [6, 6.07) is 6.16. The maximum atomic E-state index is 12.3. The first-order chi connectivity index (χ1) is 11.2. The average molecular weight is 375 g/mol. The van der Waals surface area contributed by atoms with E-state index in [1.807, 2.05) is 0 Å². The maximum Gasteiger partial charge on any atom is 0.334 e. The third-order valence-electron chi connectivity index (χ3n) is 4.11. The van der Waals surface area contributed by atoms with Gasteiger partial charge in [-0.1, -0.05) is 30.7 Å². The molecule has 9 heteroatoms. The molecule has 1 fully saturated rings. The SMILES string of the molecule is CCC(NC(=O)CN1CCCS1(=O)=O)(C(=O)O)c1ccc(Cl)cc1. The molecule has 0 spiro atoms. The van der Waals surface area contributed by atoms with E-state index >= 15 is 0 Å². The molecule has 0 bridgehead atoms. The monoisotopic (exact) mass is 374 g/mol. The van der Waals surface area contributed by atoms with Gasteiger partial charge in [0, 0.05) is 11.6 Å². The molecule has 1 unspecified atom stereocenters. The Morgan fingerprint density at radius 2 is 1.96 bits per heavy atom. The Morgan fingerprint density at radius 1 is 1.33 bits per heavy atom. The van der Waals surface area contributed by atoms with E-state index in [-0.39, 0.29) is 25.3 Å². The number of halogens is 1. The molecule has 0 radical (unpaired) electrons. The van der Waals surface area contributed by atoms with Crippen molar-refractivity contribution in [3.63, 3.8) is 0 Å². The van der Waals surface area contributed by atoms with Crippen LogP contribution < -0.4 is 5.32 Å². The number of hydrogen-bond donors (Lipinski definition) is 2. The molecular formula is C15H19ClN2O5S. The molecule has 1 atom stereocenters. The number of benzene rings is 1. The summed E-state index contributed by atoms with van der Waals surface area (Å²) in [4.78, 5) is 24.2. The van der Waals surface area contributed by atoms with E-state index in [0.717, 1.165) is 4.31 Å². The minimum atomic E-state index is -3.43. The zero-order valence-electron chi connectivity index (χ0n) is 13.2. The number of carboxylic acids is 1. The highest BCUT2D eigenvalue weighted by Crippen LogP contribution is 2.27. The van der Waals surface area contributed by atoms with Crippen molar-refractivity contribution in [2.45, 2.75) is 25.3 Å². The summed E-state index contributed by atoms with van der Waals surface area (Å²) in [7, 11) is -3.43. The van der Waals surface area contributed by atoms with Crippen molar-refractivity contribution >= 4 is 33.5 Å². The van der Waals surface area contributed by atoms with Gasteiger partial charge in [-0.2, -0.15) is 4.31 Å². The molecule has 1 aliphatic rings. The molecule has 0 aromatic heterocycles. The zero-order valence-corrected chi connectivity index (χ0v) is 14.7. The van der Waals surface area contributed by atoms with Gasteiger partial charge in [0.1, 0.15) is 0 Å². The Bertz CT molecular complexity index is 735. The van der Waals surface area contributed by atoms with Crippen molar-refractivity contribution in [3.05, 3.63) is 34.9 Å². The van der Waals surface area contributed by atoms with Gasteiger partial charge in [0.05, 0.1) is 12.3 Å². The van der Waals surface area contributed by atoms with E-state index in [4.69, 9.17) is 11.6 Å². The number of nitrogens with one attached hydrogen (secondary N) is 1. The first-order valence-corrected chi connectivity index (χ1v) is 9.48. The van der Waals surface area contributed by atoms with Gasteiger partial charge in [-0.3, -0.25) is 4.79 Å². The van der Waals surface area contributed by atoms with Crippen molar-refractivity contribution in [1.82, 2.24) is 9.62 Å². The van der Waals surface area contributed by atoms with Crippen molar-refractivity contribution < 1.29 is 23.1 Å². The second-order valence-corrected chi connectivity index (χ2v) is 8.15. The van der Waals surface area contributed by atoms with Crippen LogP contribution in [-0.2, 0) is 25.2 Å². The standard InChI is InChI=1S/C15H19ClN2O5S/c1-2-15(14(20)21,11-4-6-12(16)7-5-11)17-13(19)10-18-8-3-9-24(18,22)23/h4-7H,2-3,8-10H2,1H3,(H,17,19)(H,20,21). The largest absolute Gasteiger partial charge is 0.479 e. The summed E-state index contributed by atoms with van der Waals surface area (Å²) < 4.78 is 24.7. The second-order valence-electron chi connectivity index (χ2n) is 5.62. The van der Waals surface area contributed by atoms with Crippen LogP contribution in [0.4, 0.5) is 0 Å². The van der Waals surface area contributed by atoms with Gasteiger partial charge >= 0.3 is 5.97 Å². The average Bonchev–Trinajstić information content (AvgIpc) is 2.84. The molecule has 1 aromatic carbocycles. The molecule has 0 saturated carbocycles. The topological polar surface area (TPSA) is 104 Å². The molecule has 2 rings (SSSR count). The molecule has 132 valence electrons. The molecule has 7 nitrogen and oxygen atoms in total. The van der Waals surface area contributed by atoms with E-state index in [1.165, 1.54) is 12.1 Å². The van der Waals surface area contributed by atoms with Crippen LogP contribution in [0.5, 0.6) is 0 Å².